The summed E-state index contributed by atoms with van der Waals surface area (Å²) < 4.78 is 14.9. The minimum Gasteiger partial charge on any atom is -0.497 e. The van der Waals surface area contributed by atoms with Crippen molar-refractivity contribution in [2.75, 3.05) is 20.8 Å². The molecular formula is C12H14O4. The van der Waals surface area contributed by atoms with Crippen LogP contribution in [0.1, 0.15) is 0 Å². The van der Waals surface area contributed by atoms with E-state index in [2.05, 4.69) is 4.74 Å². The van der Waals surface area contributed by atoms with Gasteiger partial charge in [-0.15, -0.1) is 0 Å². The van der Waals surface area contributed by atoms with Crippen molar-refractivity contribution >= 4 is 5.97 Å². The summed E-state index contributed by atoms with van der Waals surface area (Å²) in [5.74, 6) is 0.666. The normalized spacial score (nSPS) is 10.8. The van der Waals surface area contributed by atoms with Crippen LogP contribution in [0.15, 0.2) is 42.2 Å². The average Bonchev–Trinajstić information content (AvgIpc) is 2.35. The lowest BCUT2D eigenvalue weighted by Crippen LogP contribution is -2.06. The van der Waals surface area contributed by atoms with E-state index in [-0.39, 0.29) is 6.61 Å². The van der Waals surface area contributed by atoms with Gasteiger partial charge in [0.05, 0.1) is 20.3 Å². The molecule has 0 unspecified atom stereocenters. The number of carbonyl (C=O) groups is 1. The Hall–Kier alpha value is -1.97. The summed E-state index contributed by atoms with van der Waals surface area (Å²) in [6.07, 6.45) is 1.25. The van der Waals surface area contributed by atoms with Crippen molar-refractivity contribution in [3.8, 4) is 5.75 Å². The molecule has 16 heavy (non-hydrogen) atoms. The second-order valence-electron chi connectivity index (χ2n) is 2.94. The first-order valence-electron chi connectivity index (χ1n) is 4.76. The van der Waals surface area contributed by atoms with E-state index in [1.165, 1.54) is 20.3 Å². The molecule has 0 amide bonds. The number of esters is 1. The van der Waals surface area contributed by atoms with Crippen molar-refractivity contribution in [3.63, 3.8) is 0 Å². The first kappa shape index (κ1) is 12.1. The highest BCUT2D eigenvalue weighted by atomic mass is 16.5. The standard InChI is InChI=1S/C12H14O4/c1-14-11(8-12(13)15-2)9-16-10-6-4-3-5-7-10/h3-8H,9H2,1-2H3/b11-8+. The van der Waals surface area contributed by atoms with Crippen LogP contribution in [0.2, 0.25) is 0 Å². The number of hydrogen-bond acceptors (Lipinski definition) is 4. The van der Waals surface area contributed by atoms with E-state index in [9.17, 15) is 4.79 Å². The fourth-order valence-electron chi connectivity index (χ4n) is 1.02. The molecule has 0 aromatic heterocycles. The van der Waals surface area contributed by atoms with E-state index in [4.69, 9.17) is 9.47 Å². The molecule has 0 aliphatic rings. The molecule has 0 fully saturated rings. The Labute approximate surface area is 94.4 Å². The predicted octanol–water partition coefficient (Wildman–Crippen LogP) is 1.77. The fourth-order valence-corrected chi connectivity index (χ4v) is 1.02. The zero-order valence-electron chi connectivity index (χ0n) is 9.30. The molecule has 0 saturated carbocycles. The van der Waals surface area contributed by atoms with Crippen molar-refractivity contribution in [2.24, 2.45) is 0 Å². The molecule has 1 rings (SSSR count). The molecule has 0 heterocycles. The van der Waals surface area contributed by atoms with Crippen LogP contribution in [0, 0.1) is 0 Å². The Balaban J connectivity index is 2.52. The van der Waals surface area contributed by atoms with Gasteiger partial charge in [-0.05, 0) is 12.1 Å². The van der Waals surface area contributed by atoms with Crippen molar-refractivity contribution in [3.05, 3.63) is 42.2 Å². The number of carbonyl (C=O) groups excluding carboxylic acids is 1. The van der Waals surface area contributed by atoms with Gasteiger partial charge >= 0.3 is 5.97 Å². The van der Waals surface area contributed by atoms with E-state index in [1.807, 2.05) is 30.3 Å². The molecule has 0 N–H and O–H groups in total. The molecule has 0 aliphatic heterocycles. The van der Waals surface area contributed by atoms with Crippen molar-refractivity contribution < 1.29 is 19.0 Å². The van der Waals surface area contributed by atoms with Crippen LogP contribution in [-0.2, 0) is 14.3 Å². The zero-order chi connectivity index (χ0) is 11.8. The lowest BCUT2D eigenvalue weighted by molar-refractivity contribution is -0.135. The number of methoxy groups -OCH3 is 2. The van der Waals surface area contributed by atoms with Gasteiger partial charge in [0.15, 0.2) is 0 Å². The monoisotopic (exact) mass is 222 g/mol. The molecule has 0 bridgehead atoms. The zero-order valence-corrected chi connectivity index (χ0v) is 9.30. The van der Waals surface area contributed by atoms with Crippen LogP contribution in [0.5, 0.6) is 5.75 Å². The highest BCUT2D eigenvalue weighted by Gasteiger charge is 2.02. The number of ether oxygens (including phenoxy) is 3. The maximum atomic E-state index is 11.0. The van der Waals surface area contributed by atoms with E-state index >= 15 is 0 Å². The maximum Gasteiger partial charge on any atom is 0.334 e. The molecule has 0 radical (unpaired) electrons. The molecule has 1 aromatic carbocycles. The molecular weight excluding hydrogens is 208 g/mol. The lowest BCUT2D eigenvalue weighted by atomic mass is 10.3. The van der Waals surface area contributed by atoms with Gasteiger partial charge in [0, 0.05) is 0 Å². The molecule has 0 spiro atoms. The third-order valence-electron chi connectivity index (χ3n) is 1.87. The third-order valence-corrected chi connectivity index (χ3v) is 1.87. The average molecular weight is 222 g/mol. The molecule has 0 saturated heterocycles. The summed E-state index contributed by atoms with van der Waals surface area (Å²) in [6.45, 7) is 0.190. The molecule has 0 aliphatic carbocycles. The minimum atomic E-state index is -0.464. The van der Waals surface area contributed by atoms with Crippen molar-refractivity contribution in [2.45, 2.75) is 0 Å². The Morgan fingerprint density at radius 2 is 1.88 bits per heavy atom. The smallest absolute Gasteiger partial charge is 0.334 e. The van der Waals surface area contributed by atoms with Crippen molar-refractivity contribution in [1.29, 1.82) is 0 Å². The van der Waals surface area contributed by atoms with E-state index in [0.717, 1.165) is 5.75 Å². The highest BCUT2D eigenvalue weighted by molar-refractivity contribution is 5.82. The Kier molecular flexibility index (Phi) is 4.92. The number of benzene rings is 1. The van der Waals surface area contributed by atoms with E-state index < -0.39 is 5.97 Å². The molecule has 1 aromatic rings. The van der Waals surface area contributed by atoms with E-state index in [1.54, 1.807) is 0 Å². The predicted molar refractivity (Wildman–Crippen MR) is 59.0 cm³/mol. The topological polar surface area (TPSA) is 44.8 Å². The van der Waals surface area contributed by atoms with Crippen molar-refractivity contribution in [1.82, 2.24) is 0 Å². The van der Waals surface area contributed by atoms with Gasteiger partial charge in [0.2, 0.25) is 0 Å². The molecule has 86 valence electrons. The van der Waals surface area contributed by atoms with Crippen LogP contribution in [0.4, 0.5) is 0 Å². The quantitative estimate of drug-likeness (QED) is 0.432. The van der Waals surface area contributed by atoms with Gasteiger partial charge in [-0.3, -0.25) is 0 Å². The van der Waals surface area contributed by atoms with Crippen LogP contribution in [-0.4, -0.2) is 26.8 Å². The fraction of sp³-hybridized carbons (Fsp3) is 0.250. The minimum absolute atomic E-state index is 0.190. The van der Waals surface area contributed by atoms with Gasteiger partial charge in [0.25, 0.3) is 0 Å². The molecule has 4 nitrogen and oxygen atoms in total. The Morgan fingerprint density at radius 3 is 2.44 bits per heavy atom. The second-order valence-corrected chi connectivity index (χ2v) is 2.94. The summed E-state index contributed by atoms with van der Waals surface area (Å²) in [6, 6.07) is 9.28. The van der Waals surface area contributed by atoms with Crippen LogP contribution < -0.4 is 4.74 Å². The summed E-state index contributed by atoms with van der Waals surface area (Å²) in [7, 11) is 2.79. The summed E-state index contributed by atoms with van der Waals surface area (Å²) in [4.78, 5) is 11.0. The first-order valence-corrected chi connectivity index (χ1v) is 4.76. The van der Waals surface area contributed by atoms with Gasteiger partial charge in [0.1, 0.15) is 18.1 Å². The largest absolute Gasteiger partial charge is 0.497 e. The Bertz CT molecular complexity index is 357. The Morgan fingerprint density at radius 1 is 1.19 bits per heavy atom. The third kappa shape index (κ3) is 4.04. The molecule has 0 atom stereocenters. The molecule has 4 heteroatoms. The maximum absolute atomic E-state index is 11.0. The SMILES string of the molecule is COC(=O)/C=C(\COc1ccccc1)OC. The van der Waals surface area contributed by atoms with Crippen LogP contribution in [0.3, 0.4) is 0 Å². The van der Waals surface area contributed by atoms with Gasteiger partial charge in [-0.1, -0.05) is 18.2 Å². The number of para-hydroxylation sites is 1. The van der Waals surface area contributed by atoms with Gasteiger partial charge < -0.3 is 14.2 Å². The van der Waals surface area contributed by atoms with Gasteiger partial charge in [-0.25, -0.2) is 4.79 Å². The van der Waals surface area contributed by atoms with Gasteiger partial charge in [-0.2, -0.15) is 0 Å². The van der Waals surface area contributed by atoms with Crippen LogP contribution in [0.25, 0.3) is 0 Å². The summed E-state index contributed by atoms with van der Waals surface area (Å²) in [5, 5.41) is 0. The highest BCUT2D eigenvalue weighted by Crippen LogP contribution is 2.10. The number of rotatable bonds is 5. The summed E-state index contributed by atoms with van der Waals surface area (Å²) >= 11 is 0. The first-order chi connectivity index (χ1) is 7.76. The second kappa shape index (κ2) is 6.50. The lowest BCUT2D eigenvalue weighted by Gasteiger charge is -2.08. The number of hydrogen-bond donors (Lipinski definition) is 0. The van der Waals surface area contributed by atoms with Crippen LogP contribution >= 0.6 is 0 Å². The summed E-state index contributed by atoms with van der Waals surface area (Å²) in [5.41, 5.74) is 0. The van der Waals surface area contributed by atoms with E-state index in [0.29, 0.717) is 5.76 Å².